The lowest BCUT2D eigenvalue weighted by molar-refractivity contribution is 0.0943. The second-order valence-electron chi connectivity index (χ2n) is 9.19. The van der Waals surface area contributed by atoms with Gasteiger partial charge in [0.1, 0.15) is 11.9 Å². The van der Waals surface area contributed by atoms with Crippen molar-refractivity contribution in [1.82, 2.24) is 15.5 Å². The molecule has 0 radical (unpaired) electrons. The smallest absolute Gasteiger partial charge is 0.251 e. The molecule has 0 saturated carbocycles. The highest BCUT2D eigenvalue weighted by atomic mass is 19.1. The first-order chi connectivity index (χ1) is 17.2. The fraction of sp³-hybridized carbons (Fsp3) is 0.214. The van der Waals surface area contributed by atoms with Gasteiger partial charge >= 0.3 is 0 Å². The standard InChI is InChI=1S/C28H26FN5O2/c1-17(2)32-25(35)20-12-19(22-10-7-11-24(29)23(22)16-30)13-21(14-20)26-33-34-27(36-26)28(3,31)15-18-8-5-4-6-9-18/h4-14,17H,15,31H2,1-3H3,(H,32,35). The van der Waals surface area contributed by atoms with Gasteiger partial charge in [-0.1, -0.05) is 42.5 Å². The molecule has 182 valence electrons. The molecule has 0 fully saturated rings. The fourth-order valence-corrected chi connectivity index (χ4v) is 3.93. The fourth-order valence-electron chi connectivity index (χ4n) is 3.93. The Labute approximate surface area is 208 Å². The number of hydrogen-bond donors (Lipinski definition) is 2. The van der Waals surface area contributed by atoms with Crippen LogP contribution in [0, 0.1) is 17.1 Å². The van der Waals surface area contributed by atoms with Gasteiger partial charge in [0, 0.05) is 22.7 Å². The molecule has 0 saturated heterocycles. The highest BCUT2D eigenvalue weighted by molar-refractivity contribution is 5.97. The van der Waals surface area contributed by atoms with Crippen LogP contribution in [0.25, 0.3) is 22.6 Å². The Morgan fingerprint density at radius 3 is 2.53 bits per heavy atom. The number of nitrogens with zero attached hydrogens (tertiary/aromatic N) is 3. The van der Waals surface area contributed by atoms with Crippen LogP contribution in [0.3, 0.4) is 0 Å². The van der Waals surface area contributed by atoms with E-state index in [0.717, 1.165) is 5.56 Å². The molecule has 1 heterocycles. The maximum atomic E-state index is 14.3. The first kappa shape index (κ1) is 24.8. The summed E-state index contributed by atoms with van der Waals surface area (Å²) in [6, 6.07) is 20.8. The van der Waals surface area contributed by atoms with Gasteiger partial charge in [-0.05, 0) is 62.6 Å². The molecule has 0 aliphatic carbocycles. The van der Waals surface area contributed by atoms with Crippen molar-refractivity contribution in [2.75, 3.05) is 0 Å². The maximum absolute atomic E-state index is 14.3. The van der Waals surface area contributed by atoms with E-state index in [1.807, 2.05) is 50.2 Å². The molecule has 0 aliphatic heterocycles. The van der Waals surface area contributed by atoms with E-state index < -0.39 is 11.4 Å². The van der Waals surface area contributed by atoms with E-state index in [1.165, 1.54) is 12.1 Å². The molecule has 7 nitrogen and oxygen atoms in total. The van der Waals surface area contributed by atoms with Crippen LogP contribution in [0.2, 0.25) is 0 Å². The van der Waals surface area contributed by atoms with Gasteiger partial charge in [-0.3, -0.25) is 4.79 Å². The Balaban J connectivity index is 1.78. The highest BCUT2D eigenvalue weighted by Crippen LogP contribution is 2.32. The summed E-state index contributed by atoms with van der Waals surface area (Å²) in [5.74, 6) is -0.572. The minimum absolute atomic E-state index is 0.0978. The quantitative estimate of drug-likeness (QED) is 0.383. The molecule has 3 N–H and O–H groups in total. The minimum Gasteiger partial charge on any atom is -0.419 e. The molecule has 4 rings (SSSR count). The van der Waals surface area contributed by atoms with E-state index in [0.29, 0.717) is 28.7 Å². The molecule has 0 spiro atoms. The number of benzene rings is 3. The monoisotopic (exact) mass is 483 g/mol. The molecule has 36 heavy (non-hydrogen) atoms. The first-order valence-corrected chi connectivity index (χ1v) is 11.5. The van der Waals surface area contributed by atoms with Crippen LogP contribution in [0.4, 0.5) is 4.39 Å². The summed E-state index contributed by atoms with van der Waals surface area (Å²) in [6.07, 6.45) is 0.479. The van der Waals surface area contributed by atoms with Gasteiger partial charge in [-0.2, -0.15) is 5.26 Å². The SMILES string of the molecule is CC(C)NC(=O)c1cc(-c2nnc(C(C)(N)Cc3ccccc3)o2)cc(-c2cccc(F)c2C#N)c1. The Bertz CT molecular complexity index is 1440. The summed E-state index contributed by atoms with van der Waals surface area (Å²) in [5.41, 5.74) is 8.08. The van der Waals surface area contributed by atoms with Crippen LogP contribution in [0.1, 0.15) is 48.1 Å². The lowest BCUT2D eigenvalue weighted by Gasteiger charge is -2.20. The number of aromatic nitrogens is 2. The van der Waals surface area contributed by atoms with Gasteiger partial charge in [0.2, 0.25) is 11.8 Å². The van der Waals surface area contributed by atoms with Crippen LogP contribution in [0.5, 0.6) is 0 Å². The lowest BCUT2D eigenvalue weighted by atomic mass is 9.94. The number of hydrogen-bond acceptors (Lipinski definition) is 6. The van der Waals surface area contributed by atoms with Crippen molar-refractivity contribution in [2.24, 2.45) is 5.73 Å². The summed E-state index contributed by atoms with van der Waals surface area (Å²) >= 11 is 0. The average molecular weight is 484 g/mol. The second-order valence-corrected chi connectivity index (χ2v) is 9.19. The van der Waals surface area contributed by atoms with Crippen molar-refractivity contribution in [3.8, 4) is 28.7 Å². The van der Waals surface area contributed by atoms with Gasteiger partial charge in [-0.15, -0.1) is 10.2 Å². The Morgan fingerprint density at radius 2 is 1.83 bits per heavy atom. The third-order valence-electron chi connectivity index (χ3n) is 5.63. The van der Waals surface area contributed by atoms with E-state index in [1.54, 1.807) is 31.2 Å². The zero-order chi connectivity index (χ0) is 25.9. The van der Waals surface area contributed by atoms with Crippen molar-refractivity contribution < 1.29 is 13.6 Å². The van der Waals surface area contributed by atoms with Gasteiger partial charge < -0.3 is 15.5 Å². The Morgan fingerprint density at radius 1 is 1.11 bits per heavy atom. The number of amides is 1. The molecule has 1 amide bonds. The summed E-state index contributed by atoms with van der Waals surface area (Å²) in [7, 11) is 0. The molecule has 4 aromatic rings. The van der Waals surface area contributed by atoms with Crippen LogP contribution >= 0.6 is 0 Å². The zero-order valence-corrected chi connectivity index (χ0v) is 20.2. The molecule has 3 aromatic carbocycles. The van der Waals surface area contributed by atoms with E-state index in [-0.39, 0.29) is 29.3 Å². The molecule has 8 heteroatoms. The van der Waals surface area contributed by atoms with Crippen molar-refractivity contribution >= 4 is 5.91 Å². The van der Waals surface area contributed by atoms with E-state index in [9.17, 15) is 14.4 Å². The summed E-state index contributed by atoms with van der Waals surface area (Å²) in [4.78, 5) is 12.9. The molecule has 0 aliphatic rings. The van der Waals surface area contributed by atoms with Gasteiger partial charge in [0.25, 0.3) is 5.91 Å². The molecule has 1 aromatic heterocycles. The largest absolute Gasteiger partial charge is 0.419 e. The van der Waals surface area contributed by atoms with Crippen LogP contribution in [-0.2, 0) is 12.0 Å². The molecule has 1 unspecified atom stereocenters. The number of nitrogens with one attached hydrogen (secondary N) is 1. The number of nitriles is 1. The van der Waals surface area contributed by atoms with Gasteiger partial charge in [0.15, 0.2) is 0 Å². The number of carbonyl (C=O) groups is 1. The molecule has 0 bridgehead atoms. The second kappa shape index (κ2) is 10.1. The van der Waals surface area contributed by atoms with Crippen LogP contribution in [0.15, 0.2) is 71.1 Å². The summed E-state index contributed by atoms with van der Waals surface area (Å²) < 4.78 is 20.3. The molecular weight excluding hydrogens is 457 g/mol. The predicted octanol–water partition coefficient (Wildman–Crippen LogP) is 4.97. The van der Waals surface area contributed by atoms with Gasteiger partial charge in [0.05, 0.1) is 11.1 Å². The van der Waals surface area contributed by atoms with Crippen molar-refractivity contribution in [3.05, 3.63) is 95.1 Å². The minimum atomic E-state index is -0.932. The van der Waals surface area contributed by atoms with Crippen LogP contribution in [-0.4, -0.2) is 22.1 Å². The first-order valence-electron chi connectivity index (χ1n) is 11.5. The van der Waals surface area contributed by atoms with E-state index in [2.05, 4.69) is 15.5 Å². The Kier molecular flexibility index (Phi) is 6.95. The van der Waals surface area contributed by atoms with Crippen molar-refractivity contribution in [3.63, 3.8) is 0 Å². The third kappa shape index (κ3) is 5.32. The molecule has 1 atom stereocenters. The van der Waals surface area contributed by atoms with Gasteiger partial charge in [-0.25, -0.2) is 4.39 Å². The number of halogens is 1. The average Bonchev–Trinajstić information content (AvgIpc) is 3.35. The number of rotatable bonds is 7. The zero-order valence-electron chi connectivity index (χ0n) is 20.2. The third-order valence-corrected chi connectivity index (χ3v) is 5.63. The van der Waals surface area contributed by atoms with E-state index in [4.69, 9.17) is 10.2 Å². The maximum Gasteiger partial charge on any atom is 0.251 e. The highest BCUT2D eigenvalue weighted by Gasteiger charge is 2.29. The summed E-state index contributed by atoms with van der Waals surface area (Å²) in [6.45, 7) is 5.51. The lowest BCUT2D eigenvalue weighted by Crippen LogP contribution is -2.35. The van der Waals surface area contributed by atoms with E-state index >= 15 is 0 Å². The Hall–Kier alpha value is -4.35. The van der Waals surface area contributed by atoms with Crippen molar-refractivity contribution in [2.45, 2.75) is 38.8 Å². The van der Waals surface area contributed by atoms with Crippen LogP contribution < -0.4 is 11.1 Å². The van der Waals surface area contributed by atoms with Crippen molar-refractivity contribution in [1.29, 1.82) is 5.26 Å². The normalized spacial score (nSPS) is 12.7. The topological polar surface area (TPSA) is 118 Å². The molecular formula is C28H26FN5O2. The predicted molar refractivity (Wildman–Crippen MR) is 134 cm³/mol. The number of carbonyl (C=O) groups excluding carboxylic acids is 1. The summed E-state index contributed by atoms with van der Waals surface area (Å²) in [5, 5.41) is 20.7. The number of nitrogens with two attached hydrogens (primary N) is 1.